The fourth-order valence-corrected chi connectivity index (χ4v) is 2.58. The van der Waals surface area contributed by atoms with Crippen molar-refractivity contribution in [3.8, 4) is 0 Å². The Hall–Kier alpha value is -1.01. The number of rotatable bonds is 9. The van der Waals surface area contributed by atoms with Gasteiger partial charge in [0, 0.05) is 31.6 Å². The standard InChI is InChI=1S/C13H20N2O3S/c1-10-7-14-13(19-9-12(16)17)15(10)5-2-6-18-8-11-3-4-11/h7,11H,2-6,8-9H2,1H3,(H,16,17). The number of imidazole rings is 1. The maximum Gasteiger partial charge on any atom is 0.313 e. The van der Waals surface area contributed by atoms with Gasteiger partial charge in [-0.05, 0) is 32.1 Å². The summed E-state index contributed by atoms with van der Waals surface area (Å²) >= 11 is 1.27. The number of carbonyl (C=O) groups is 1. The lowest BCUT2D eigenvalue weighted by Gasteiger charge is -2.09. The van der Waals surface area contributed by atoms with Gasteiger partial charge in [0.05, 0.1) is 5.75 Å². The number of hydrogen-bond acceptors (Lipinski definition) is 4. The summed E-state index contributed by atoms with van der Waals surface area (Å²) in [6, 6.07) is 0. The molecule has 106 valence electrons. The van der Waals surface area contributed by atoms with E-state index in [1.165, 1.54) is 24.6 Å². The molecule has 1 saturated carbocycles. The quantitative estimate of drug-likeness (QED) is 0.556. The van der Waals surface area contributed by atoms with Gasteiger partial charge in [0.25, 0.3) is 0 Å². The van der Waals surface area contributed by atoms with E-state index >= 15 is 0 Å². The predicted octanol–water partition coefficient (Wildman–Crippen LogP) is 2.18. The third-order valence-electron chi connectivity index (χ3n) is 3.06. The summed E-state index contributed by atoms with van der Waals surface area (Å²) in [4.78, 5) is 14.8. The summed E-state index contributed by atoms with van der Waals surface area (Å²) in [6.07, 6.45) is 5.35. The van der Waals surface area contributed by atoms with E-state index in [-0.39, 0.29) is 5.75 Å². The van der Waals surface area contributed by atoms with Gasteiger partial charge >= 0.3 is 5.97 Å². The predicted molar refractivity (Wildman–Crippen MR) is 73.5 cm³/mol. The highest BCUT2D eigenvalue weighted by Crippen LogP contribution is 2.28. The minimum atomic E-state index is -0.815. The van der Waals surface area contributed by atoms with Crippen molar-refractivity contribution in [2.75, 3.05) is 19.0 Å². The molecule has 1 aliphatic rings. The second kappa shape index (κ2) is 6.96. The van der Waals surface area contributed by atoms with Gasteiger partial charge in [-0.25, -0.2) is 4.98 Å². The number of thioether (sulfide) groups is 1. The molecule has 1 fully saturated rings. The maximum atomic E-state index is 10.6. The fourth-order valence-electron chi connectivity index (χ4n) is 1.81. The number of carboxylic acids is 1. The first kappa shape index (κ1) is 14.4. The Kier molecular flexibility index (Phi) is 5.27. The van der Waals surface area contributed by atoms with Gasteiger partial charge in [-0.15, -0.1) is 0 Å². The van der Waals surface area contributed by atoms with E-state index in [0.717, 1.165) is 42.9 Å². The molecule has 0 aliphatic heterocycles. The van der Waals surface area contributed by atoms with Crippen molar-refractivity contribution in [2.45, 2.75) is 37.9 Å². The van der Waals surface area contributed by atoms with Gasteiger partial charge < -0.3 is 14.4 Å². The first-order valence-electron chi connectivity index (χ1n) is 6.61. The smallest absolute Gasteiger partial charge is 0.313 e. The Morgan fingerprint density at radius 1 is 1.63 bits per heavy atom. The van der Waals surface area contributed by atoms with E-state index < -0.39 is 5.97 Å². The lowest BCUT2D eigenvalue weighted by Crippen LogP contribution is -2.08. The summed E-state index contributed by atoms with van der Waals surface area (Å²) in [5, 5.41) is 9.48. The van der Waals surface area contributed by atoms with Gasteiger partial charge in [-0.2, -0.15) is 0 Å². The highest BCUT2D eigenvalue weighted by atomic mass is 32.2. The molecule has 0 saturated heterocycles. The molecule has 1 aromatic heterocycles. The van der Waals surface area contributed by atoms with Crippen molar-refractivity contribution in [1.82, 2.24) is 9.55 Å². The van der Waals surface area contributed by atoms with Crippen molar-refractivity contribution in [3.63, 3.8) is 0 Å². The average Bonchev–Trinajstić information content (AvgIpc) is 3.12. The molecule has 1 heterocycles. The molecule has 2 rings (SSSR count). The number of nitrogens with zero attached hydrogens (tertiary/aromatic N) is 2. The average molecular weight is 284 g/mol. The van der Waals surface area contributed by atoms with Crippen LogP contribution in [0.25, 0.3) is 0 Å². The van der Waals surface area contributed by atoms with Crippen LogP contribution >= 0.6 is 11.8 Å². The van der Waals surface area contributed by atoms with Gasteiger partial charge in [0.15, 0.2) is 5.16 Å². The van der Waals surface area contributed by atoms with Crippen molar-refractivity contribution < 1.29 is 14.6 Å². The number of aromatic nitrogens is 2. The van der Waals surface area contributed by atoms with Crippen LogP contribution in [0.15, 0.2) is 11.4 Å². The largest absolute Gasteiger partial charge is 0.481 e. The molecular weight excluding hydrogens is 264 g/mol. The first-order valence-corrected chi connectivity index (χ1v) is 7.60. The van der Waals surface area contributed by atoms with Crippen molar-refractivity contribution in [2.24, 2.45) is 5.92 Å². The maximum absolute atomic E-state index is 10.6. The van der Waals surface area contributed by atoms with Gasteiger partial charge in [0.2, 0.25) is 0 Å². The number of aryl methyl sites for hydroxylation is 1. The Labute approximate surface area is 117 Å². The summed E-state index contributed by atoms with van der Waals surface area (Å²) in [6.45, 7) is 4.47. The zero-order chi connectivity index (χ0) is 13.7. The second-order valence-electron chi connectivity index (χ2n) is 4.89. The topological polar surface area (TPSA) is 64.3 Å². The molecule has 0 spiro atoms. The van der Waals surface area contributed by atoms with Crippen LogP contribution in [-0.4, -0.2) is 39.6 Å². The second-order valence-corrected chi connectivity index (χ2v) is 5.83. The zero-order valence-electron chi connectivity index (χ0n) is 11.2. The third kappa shape index (κ3) is 4.87. The van der Waals surface area contributed by atoms with Gasteiger partial charge in [0.1, 0.15) is 0 Å². The van der Waals surface area contributed by atoms with Crippen molar-refractivity contribution >= 4 is 17.7 Å². The Morgan fingerprint density at radius 3 is 3.11 bits per heavy atom. The lowest BCUT2D eigenvalue weighted by atomic mass is 10.4. The third-order valence-corrected chi connectivity index (χ3v) is 4.04. The Morgan fingerprint density at radius 2 is 2.42 bits per heavy atom. The fraction of sp³-hybridized carbons (Fsp3) is 0.692. The molecule has 0 unspecified atom stereocenters. The molecular formula is C13H20N2O3S. The molecule has 0 atom stereocenters. The van der Waals surface area contributed by atoms with Gasteiger partial charge in [-0.1, -0.05) is 11.8 Å². The van der Waals surface area contributed by atoms with E-state index in [0.29, 0.717) is 0 Å². The van der Waals surface area contributed by atoms with Crippen LogP contribution in [0.4, 0.5) is 0 Å². The van der Waals surface area contributed by atoms with E-state index in [9.17, 15) is 4.79 Å². The minimum Gasteiger partial charge on any atom is -0.481 e. The molecule has 1 aliphatic carbocycles. The molecule has 19 heavy (non-hydrogen) atoms. The Balaban J connectivity index is 1.73. The molecule has 6 heteroatoms. The van der Waals surface area contributed by atoms with Crippen LogP contribution < -0.4 is 0 Å². The molecule has 1 aromatic rings. The zero-order valence-corrected chi connectivity index (χ0v) is 12.0. The SMILES string of the molecule is Cc1cnc(SCC(=O)O)n1CCCOCC1CC1. The van der Waals surface area contributed by atoms with Crippen LogP contribution in [-0.2, 0) is 16.1 Å². The normalized spacial score (nSPS) is 14.8. The number of ether oxygens (including phenoxy) is 1. The van der Waals surface area contributed by atoms with E-state index in [1.54, 1.807) is 6.20 Å². The minimum absolute atomic E-state index is 0.0502. The summed E-state index contributed by atoms with van der Waals surface area (Å²) in [5.41, 5.74) is 1.06. The van der Waals surface area contributed by atoms with E-state index in [4.69, 9.17) is 9.84 Å². The summed E-state index contributed by atoms with van der Waals surface area (Å²) in [5.74, 6) is 0.0379. The molecule has 5 nitrogen and oxygen atoms in total. The van der Waals surface area contributed by atoms with E-state index in [1.807, 2.05) is 6.92 Å². The monoisotopic (exact) mass is 284 g/mol. The van der Waals surface area contributed by atoms with Crippen LogP contribution in [0.3, 0.4) is 0 Å². The number of carboxylic acid groups (broad SMARTS) is 1. The highest BCUT2D eigenvalue weighted by molar-refractivity contribution is 7.99. The van der Waals surface area contributed by atoms with Crippen LogP contribution in [0.5, 0.6) is 0 Å². The first-order chi connectivity index (χ1) is 9.16. The van der Waals surface area contributed by atoms with Crippen LogP contribution in [0, 0.1) is 12.8 Å². The van der Waals surface area contributed by atoms with Gasteiger partial charge in [-0.3, -0.25) is 4.79 Å². The molecule has 0 radical (unpaired) electrons. The van der Waals surface area contributed by atoms with Crippen LogP contribution in [0.2, 0.25) is 0 Å². The molecule has 0 amide bonds. The number of aliphatic carboxylic acids is 1. The molecule has 0 bridgehead atoms. The van der Waals surface area contributed by atoms with E-state index in [2.05, 4.69) is 9.55 Å². The molecule has 1 N–H and O–H groups in total. The van der Waals surface area contributed by atoms with Crippen LogP contribution in [0.1, 0.15) is 25.0 Å². The lowest BCUT2D eigenvalue weighted by molar-refractivity contribution is -0.133. The number of hydrogen-bond donors (Lipinski definition) is 1. The summed E-state index contributed by atoms with van der Waals surface area (Å²) < 4.78 is 7.66. The summed E-state index contributed by atoms with van der Waals surface area (Å²) in [7, 11) is 0. The highest BCUT2D eigenvalue weighted by Gasteiger charge is 2.20. The van der Waals surface area contributed by atoms with Crippen molar-refractivity contribution in [1.29, 1.82) is 0 Å². The van der Waals surface area contributed by atoms with Crippen molar-refractivity contribution in [3.05, 3.63) is 11.9 Å². The Bertz CT molecular complexity index is 430. The molecule has 0 aromatic carbocycles.